The highest BCUT2D eigenvalue weighted by atomic mass is 32.1. The molecule has 7 heteroatoms. The van der Waals surface area contributed by atoms with Crippen LogP contribution in [0, 0.1) is 0 Å². The summed E-state index contributed by atoms with van der Waals surface area (Å²) in [4.78, 5) is 24.9. The standard InChI is InChI=1S/C18H18O6S/c1-3-21-17(19)15-13-14(16(25-15)18(20)22-4-2)24-10-12-8-6-5-7-11(12)9-23-13/h5-8H,3-4,9-10H2,1-2H3. The zero-order valence-corrected chi connectivity index (χ0v) is 14.8. The number of carbonyl (C=O) groups excluding carboxylic acids is 2. The molecule has 0 amide bonds. The van der Waals surface area contributed by atoms with Crippen molar-refractivity contribution in [3.8, 4) is 11.5 Å². The van der Waals surface area contributed by atoms with Gasteiger partial charge in [-0.15, -0.1) is 11.3 Å². The second-order valence-electron chi connectivity index (χ2n) is 5.21. The molecule has 0 unspecified atom stereocenters. The molecule has 0 aliphatic carbocycles. The van der Waals surface area contributed by atoms with Crippen molar-refractivity contribution >= 4 is 23.3 Å². The van der Waals surface area contributed by atoms with E-state index in [2.05, 4.69) is 0 Å². The third kappa shape index (κ3) is 3.46. The van der Waals surface area contributed by atoms with Crippen molar-refractivity contribution in [3.63, 3.8) is 0 Å². The van der Waals surface area contributed by atoms with Crippen LogP contribution in [0.5, 0.6) is 11.5 Å². The predicted octanol–water partition coefficient (Wildman–Crippen LogP) is 3.57. The number of rotatable bonds is 4. The smallest absolute Gasteiger partial charge is 0.352 e. The van der Waals surface area contributed by atoms with Gasteiger partial charge in [0.25, 0.3) is 0 Å². The second kappa shape index (κ2) is 7.57. The minimum atomic E-state index is -0.545. The number of ether oxygens (including phenoxy) is 4. The Morgan fingerprint density at radius 1 is 0.920 bits per heavy atom. The molecule has 2 aromatic rings. The first kappa shape index (κ1) is 17.3. The lowest BCUT2D eigenvalue weighted by atomic mass is 10.1. The molecular formula is C18H18O6S. The highest BCUT2D eigenvalue weighted by molar-refractivity contribution is 7.16. The Morgan fingerprint density at radius 3 is 1.76 bits per heavy atom. The van der Waals surface area contributed by atoms with Gasteiger partial charge >= 0.3 is 11.9 Å². The predicted molar refractivity (Wildman–Crippen MR) is 91.3 cm³/mol. The Labute approximate surface area is 149 Å². The summed E-state index contributed by atoms with van der Waals surface area (Å²) in [5.41, 5.74) is 1.93. The Hall–Kier alpha value is -2.54. The van der Waals surface area contributed by atoms with Gasteiger partial charge in [-0.2, -0.15) is 0 Å². The van der Waals surface area contributed by atoms with Gasteiger partial charge in [0.05, 0.1) is 13.2 Å². The Morgan fingerprint density at radius 2 is 1.36 bits per heavy atom. The van der Waals surface area contributed by atoms with E-state index < -0.39 is 11.9 Å². The fourth-order valence-electron chi connectivity index (χ4n) is 2.46. The van der Waals surface area contributed by atoms with Crippen molar-refractivity contribution < 1.29 is 28.5 Å². The zero-order chi connectivity index (χ0) is 17.8. The molecule has 3 rings (SSSR count). The largest absolute Gasteiger partial charge is 0.483 e. The SMILES string of the molecule is CCOC(=O)c1sc(C(=O)OCC)c2c1OCc1ccccc1CO2. The van der Waals surface area contributed by atoms with Crippen molar-refractivity contribution in [3.05, 3.63) is 45.1 Å². The van der Waals surface area contributed by atoms with E-state index in [1.165, 1.54) is 0 Å². The van der Waals surface area contributed by atoms with E-state index >= 15 is 0 Å². The summed E-state index contributed by atoms with van der Waals surface area (Å²) < 4.78 is 21.8. The Kier molecular flexibility index (Phi) is 5.23. The molecule has 25 heavy (non-hydrogen) atoms. The van der Waals surface area contributed by atoms with E-state index in [-0.39, 0.29) is 47.7 Å². The van der Waals surface area contributed by atoms with E-state index in [1.54, 1.807) is 13.8 Å². The number of hydrogen-bond donors (Lipinski definition) is 0. The van der Waals surface area contributed by atoms with Gasteiger partial charge in [-0.1, -0.05) is 24.3 Å². The maximum atomic E-state index is 12.3. The molecule has 2 heterocycles. The van der Waals surface area contributed by atoms with Gasteiger partial charge in [-0.3, -0.25) is 0 Å². The summed E-state index contributed by atoms with van der Waals surface area (Å²) in [6.45, 7) is 4.44. The molecule has 0 N–H and O–H groups in total. The highest BCUT2D eigenvalue weighted by Crippen LogP contribution is 2.45. The van der Waals surface area contributed by atoms with Crippen LogP contribution in [-0.2, 0) is 22.7 Å². The molecule has 6 nitrogen and oxygen atoms in total. The molecule has 0 saturated heterocycles. The lowest BCUT2D eigenvalue weighted by Gasteiger charge is -2.18. The third-order valence-corrected chi connectivity index (χ3v) is 4.72. The van der Waals surface area contributed by atoms with Gasteiger partial charge < -0.3 is 18.9 Å². The number of thiophene rings is 1. The normalized spacial score (nSPS) is 12.6. The lowest BCUT2D eigenvalue weighted by Crippen LogP contribution is -2.11. The molecule has 0 bridgehead atoms. The van der Waals surface area contributed by atoms with Crippen LogP contribution in [0.1, 0.15) is 44.3 Å². The van der Waals surface area contributed by atoms with Crippen LogP contribution in [-0.4, -0.2) is 25.2 Å². The molecule has 1 aromatic heterocycles. The van der Waals surface area contributed by atoms with Crippen LogP contribution in [0.2, 0.25) is 0 Å². The molecule has 0 fully saturated rings. The van der Waals surface area contributed by atoms with Crippen LogP contribution >= 0.6 is 11.3 Å². The maximum Gasteiger partial charge on any atom is 0.352 e. The van der Waals surface area contributed by atoms with E-state index in [4.69, 9.17) is 18.9 Å². The van der Waals surface area contributed by atoms with Crippen LogP contribution < -0.4 is 9.47 Å². The first-order chi connectivity index (χ1) is 12.2. The zero-order valence-electron chi connectivity index (χ0n) is 14.0. The van der Waals surface area contributed by atoms with Crippen LogP contribution in [0.4, 0.5) is 0 Å². The van der Waals surface area contributed by atoms with Gasteiger partial charge in [0.15, 0.2) is 21.3 Å². The van der Waals surface area contributed by atoms with Crippen molar-refractivity contribution in [1.82, 2.24) is 0 Å². The van der Waals surface area contributed by atoms with E-state index in [0.29, 0.717) is 0 Å². The monoisotopic (exact) mass is 362 g/mol. The molecule has 1 aliphatic heterocycles. The molecular weight excluding hydrogens is 344 g/mol. The topological polar surface area (TPSA) is 71.1 Å². The molecule has 1 aromatic carbocycles. The number of hydrogen-bond acceptors (Lipinski definition) is 7. The van der Waals surface area contributed by atoms with Gasteiger partial charge in [-0.25, -0.2) is 9.59 Å². The Bertz CT molecular complexity index is 731. The molecule has 0 spiro atoms. The van der Waals surface area contributed by atoms with Crippen LogP contribution in [0.3, 0.4) is 0 Å². The van der Waals surface area contributed by atoms with Gasteiger partial charge in [-0.05, 0) is 25.0 Å². The fraction of sp³-hybridized carbons (Fsp3) is 0.333. The van der Waals surface area contributed by atoms with Crippen LogP contribution in [0.25, 0.3) is 0 Å². The quantitative estimate of drug-likeness (QED) is 0.775. The number of esters is 2. The number of benzene rings is 1. The van der Waals surface area contributed by atoms with E-state index in [1.807, 2.05) is 24.3 Å². The van der Waals surface area contributed by atoms with Crippen molar-refractivity contribution in [2.24, 2.45) is 0 Å². The fourth-order valence-corrected chi connectivity index (χ4v) is 3.44. The van der Waals surface area contributed by atoms with Gasteiger partial charge in [0.1, 0.15) is 13.2 Å². The van der Waals surface area contributed by atoms with E-state index in [0.717, 1.165) is 22.5 Å². The molecule has 0 radical (unpaired) electrons. The minimum Gasteiger partial charge on any atom is -0.483 e. The minimum absolute atomic E-state index is 0.208. The summed E-state index contributed by atoms with van der Waals surface area (Å²) in [6.07, 6.45) is 0. The lowest BCUT2D eigenvalue weighted by molar-refractivity contribution is 0.0515. The van der Waals surface area contributed by atoms with Gasteiger partial charge in [0, 0.05) is 0 Å². The highest BCUT2D eigenvalue weighted by Gasteiger charge is 2.32. The first-order valence-corrected chi connectivity index (χ1v) is 8.80. The first-order valence-electron chi connectivity index (χ1n) is 7.99. The Balaban J connectivity index is 2.03. The number of fused-ring (bicyclic) bond motifs is 2. The molecule has 0 saturated carbocycles. The van der Waals surface area contributed by atoms with Crippen molar-refractivity contribution in [1.29, 1.82) is 0 Å². The molecule has 0 atom stereocenters. The second-order valence-corrected chi connectivity index (χ2v) is 6.23. The third-order valence-electron chi connectivity index (χ3n) is 3.61. The summed E-state index contributed by atoms with van der Waals surface area (Å²) in [6, 6.07) is 7.70. The maximum absolute atomic E-state index is 12.3. The summed E-state index contributed by atoms with van der Waals surface area (Å²) in [5.74, 6) is -0.615. The van der Waals surface area contributed by atoms with E-state index in [9.17, 15) is 9.59 Å². The average Bonchev–Trinajstić information content (AvgIpc) is 2.95. The molecule has 1 aliphatic rings. The summed E-state index contributed by atoms with van der Waals surface area (Å²) in [7, 11) is 0. The summed E-state index contributed by atoms with van der Waals surface area (Å²) >= 11 is 0.970. The molecule has 132 valence electrons. The van der Waals surface area contributed by atoms with Gasteiger partial charge in [0.2, 0.25) is 0 Å². The van der Waals surface area contributed by atoms with Crippen LogP contribution in [0.15, 0.2) is 24.3 Å². The van der Waals surface area contributed by atoms with Crippen molar-refractivity contribution in [2.45, 2.75) is 27.1 Å². The summed E-state index contributed by atoms with van der Waals surface area (Å²) in [5, 5.41) is 0. The average molecular weight is 362 g/mol. The van der Waals surface area contributed by atoms with Crippen molar-refractivity contribution in [2.75, 3.05) is 13.2 Å². The number of carbonyl (C=O) groups is 2.